The molecule has 0 radical (unpaired) electrons. The summed E-state index contributed by atoms with van der Waals surface area (Å²) in [5.41, 5.74) is 12.6. The number of nitriles is 2. The van der Waals surface area contributed by atoms with E-state index in [0.29, 0.717) is 0 Å². The Morgan fingerprint density at radius 3 is 0.650 bits per heavy atom. The van der Waals surface area contributed by atoms with E-state index in [9.17, 15) is 38.8 Å². The molecule has 0 atom stereocenters. The van der Waals surface area contributed by atoms with Crippen molar-refractivity contribution < 1.29 is 66.7 Å². The molecule has 10 aromatic rings. The fraction of sp³-hybridized carbons (Fsp3) is 0.100. The van der Waals surface area contributed by atoms with Crippen molar-refractivity contribution in [2.24, 2.45) is 4.99 Å². The van der Waals surface area contributed by atoms with Crippen LogP contribution in [0.1, 0.15) is 76.4 Å². The lowest BCUT2D eigenvalue weighted by molar-refractivity contribution is -0.153. The number of ether oxygens (including phenoxy) is 7. The molecular weight excluding hydrogens is 1470 g/mol. The third-order valence-corrected chi connectivity index (χ3v) is 16.8. The number of esters is 7. The highest BCUT2D eigenvalue weighted by molar-refractivity contribution is 6.15. The molecule has 0 aliphatic heterocycles. The lowest BCUT2D eigenvalue weighted by Crippen LogP contribution is -2.22. The number of allylic oxidation sites excluding steroid dienone is 10. The minimum Gasteiger partial charge on any atom is -0.462 e. The first-order valence-corrected chi connectivity index (χ1v) is 37.4. The number of hydrogen-bond donors (Lipinski definition) is 0. The van der Waals surface area contributed by atoms with Gasteiger partial charge in [0.2, 0.25) is 0 Å². The predicted molar refractivity (Wildman–Crippen MR) is 455 cm³/mol. The molecule has 0 saturated heterocycles. The maximum atomic E-state index is 13.1. The fourth-order valence-electron chi connectivity index (χ4n) is 11.2. The maximum Gasteiger partial charge on any atom is 0.357 e. The van der Waals surface area contributed by atoms with Crippen LogP contribution >= 0.6 is 0 Å². The van der Waals surface area contributed by atoms with E-state index < -0.39 is 41.8 Å². The van der Waals surface area contributed by atoms with Crippen molar-refractivity contribution in [2.45, 2.75) is 20.8 Å². The summed E-state index contributed by atoms with van der Waals surface area (Å²) in [5, 5.41) is 18.7. The highest BCUT2D eigenvalue weighted by Gasteiger charge is 2.24. The largest absolute Gasteiger partial charge is 0.462 e. The molecule has 0 spiro atoms. The third-order valence-electron chi connectivity index (χ3n) is 16.8. The van der Waals surface area contributed by atoms with Crippen LogP contribution in [-0.2, 0) is 66.7 Å². The monoisotopic (exact) mass is 1550 g/mol. The summed E-state index contributed by atoms with van der Waals surface area (Å²) in [6, 6.07) is 100. The number of benzene rings is 10. The first-order chi connectivity index (χ1) is 57.3. The highest BCUT2D eigenvalue weighted by Crippen LogP contribution is 2.29. The smallest absolute Gasteiger partial charge is 0.357 e. The van der Waals surface area contributed by atoms with Crippen LogP contribution in [0, 0.1) is 22.7 Å². The van der Waals surface area contributed by atoms with Crippen LogP contribution in [-0.4, -0.2) is 94.8 Å². The zero-order valence-corrected chi connectivity index (χ0v) is 64.9. The fourth-order valence-corrected chi connectivity index (χ4v) is 11.2. The quantitative estimate of drug-likeness (QED) is 0.00438. The van der Waals surface area contributed by atoms with Gasteiger partial charge in [-0.1, -0.05) is 334 Å². The molecule has 0 aliphatic carbocycles. The van der Waals surface area contributed by atoms with Crippen molar-refractivity contribution in [1.29, 1.82) is 10.5 Å². The lowest BCUT2D eigenvalue weighted by atomic mass is 9.97. The van der Waals surface area contributed by atoms with E-state index in [1.807, 2.05) is 315 Å². The zero-order valence-electron chi connectivity index (χ0n) is 64.9. The first-order valence-electron chi connectivity index (χ1n) is 37.4. The van der Waals surface area contributed by atoms with E-state index in [4.69, 9.17) is 38.4 Å². The Bertz CT molecular complexity index is 5030. The summed E-state index contributed by atoms with van der Waals surface area (Å²) in [5.74, 6) is -5.80. The molecule has 117 heavy (non-hydrogen) atoms. The van der Waals surface area contributed by atoms with E-state index in [2.05, 4.69) is 11.7 Å². The second-order valence-corrected chi connectivity index (χ2v) is 24.5. The van der Waals surface area contributed by atoms with E-state index >= 15 is 0 Å². The molecule has 0 bridgehead atoms. The molecule has 0 aliphatic rings. The summed E-state index contributed by atoms with van der Waals surface area (Å²) in [6.45, 7) is 7.55. The number of nitrogens with zero attached hydrogens (tertiary/aromatic N) is 3. The predicted octanol–water partition coefficient (Wildman–Crippen LogP) is 18.8. The van der Waals surface area contributed by atoms with Crippen LogP contribution in [0.4, 0.5) is 0 Å². The number of aliphatic imine (C=N–C) groups is 1. The first kappa shape index (κ1) is 87.1. The number of carbonyl (C=O) groups is 7. The molecule has 10 rings (SSSR count). The van der Waals surface area contributed by atoms with Gasteiger partial charge in [-0.25, -0.2) is 33.6 Å². The van der Waals surface area contributed by atoms with Crippen LogP contribution in [0.3, 0.4) is 0 Å². The van der Waals surface area contributed by atoms with Crippen molar-refractivity contribution in [3.05, 3.63) is 448 Å². The second kappa shape index (κ2) is 49.0. The highest BCUT2D eigenvalue weighted by atomic mass is 16.6. The Morgan fingerprint density at radius 2 is 0.436 bits per heavy atom. The van der Waals surface area contributed by atoms with Gasteiger partial charge in [0.25, 0.3) is 0 Å². The summed E-state index contributed by atoms with van der Waals surface area (Å²) in [7, 11) is 0. The average Bonchev–Trinajstić information content (AvgIpc) is 0.668. The molecule has 0 N–H and O–H groups in total. The van der Waals surface area contributed by atoms with E-state index in [-0.39, 0.29) is 74.2 Å². The molecule has 17 heteroatoms. The summed E-state index contributed by atoms with van der Waals surface area (Å²) < 4.78 is 36.2. The lowest BCUT2D eigenvalue weighted by Gasteiger charge is -2.11. The zero-order chi connectivity index (χ0) is 83.0. The molecule has 0 unspecified atom stereocenters. The maximum absolute atomic E-state index is 13.1. The van der Waals surface area contributed by atoms with Gasteiger partial charge < -0.3 is 33.2 Å². The summed E-state index contributed by atoms with van der Waals surface area (Å²) >= 11 is 0. The van der Waals surface area contributed by atoms with Gasteiger partial charge in [0.05, 0.1) is 19.8 Å². The molecule has 0 heterocycles. The van der Waals surface area contributed by atoms with Crippen molar-refractivity contribution in [3.63, 3.8) is 0 Å². The number of carbonyl (C=O) groups excluding carboxylic acids is 7. The normalized spacial score (nSPS) is 10.9. The van der Waals surface area contributed by atoms with Gasteiger partial charge in [-0.15, -0.1) is 0 Å². The molecule has 10 aromatic carbocycles. The Morgan fingerprint density at radius 1 is 0.256 bits per heavy atom. The molecule has 17 nitrogen and oxygen atoms in total. The minimum atomic E-state index is -0.962. The van der Waals surface area contributed by atoms with Gasteiger partial charge >= 0.3 is 41.8 Å². The van der Waals surface area contributed by atoms with Crippen molar-refractivity contribution in [3.8, 4) is 12.1 Å². The number of rotatable bonds is 32. The van der Waals surface area contributed by atoms with Crippen LogP contribution in [0.25, 0.3) is 27.9 Å². The van der Waals surface area contributed by atoms with E-state index in [1.165, 1.54) is 30.4 Å². The van der Waals surface area contributed by atoms with E-state index in [0.717, 1.165) is 83.5 Å². The van der Waals surface area contributed by atoms with Gasteiger partial charge in [0.1, 0.15) is 66.6 Å². The SMILES string of the molecule is C=N/C(=C/C=C(c1ccccc1)c1ccccc1)C(=O)OCCOC(=O)/C(C#N)=C\C=C(c1ccccc1)c1ccccc1.CCOC(=O)/C(=C/C=C(c1ccccc1)c1ccccc1)C(=O)OCCOC(=O)/C(=C\C=C(c1ccccc1)c1ccccc1)C(=O)OCC.CCOC(=O)/C(C#N)=C/C=C(c1ccccc1)c1ccccc1. The van der Waals surface area contributed by atoms with Crippen LogP contribution in [0.2, 0.25) is 0 Å². The van der Waals surface area contributed by atoms with Crippen molar-refractivity contribution in [1.82, 2.24) is 0 Å². The topological polar surface area (TPSA) is 244 Å². The second-order valence-electron chi connectivity index (χ2n) is 24.5. The van der Waals surface area contributed by atoms with E-state index in [1.54, 1.807) is 51.2 Å². The Kier molecular flexibility index (Phi) is 36.5. The summed E-state index contributed by atoms with van der Waals surface area (Å²) in [4.78, 5) is 92.6. The molecular formula is C100H85N3O14. The molecule has 0 amide bonds. The Balaban J connectivity index is 0.000000233. The van der Waals surface area contributed by atoms with Gasteiger partial charge in [0.15, 0.2) is 0 Å². The van der Waals surface area contributed by atoms with Gasteiger partial charge in [0, 0.05) is 0 Å². The van der Waals surface area contributed by atoms with Gasteiger partial charge in [-0.05, 0) is 141 Å². The Labute approximate surface area is 681 Å². The van der Waals surface area contributed by atoms with Crippen LogP contribution < -0.4 is 0 Å². The van der Waals surface area contributed by atoms with Crippen LogP contribution in [0.15, 0.2) is 397 Å². The molecule has 584 valence electrons. The van der Waals surface area contributed by atoms with Crippen molar-refractivity contribution in [2.75, 3.05) is 46.2 Å². The minimum absolute atomic E-state index is 0.00205. The van der Waals surface area contributed by atoms with Gasteiger partial charge in [-0.3, -0.25) is 4.99 Å². The van der Waals surface area contributed by atoms with Crippen molar-refractivity contribution >= 4 is 76.4 Å². The van der Waals surface area contributed by atoms with Gasteiger partial charge in [-0.2, -0.15) is 10.5 Å². The average molecular weight is 1550 g/mol. The third kappa shape index (κ3) is 28.1. The van der Waals surface area contributed by atoms with Crippen LogP contribution in [0.5, 0.6) is 0 Å². The molecule has 0 saturated carbocycles. The number of hydrogen-bond acceptors (Lipinski definition) is 17. The standard InChI is InChI=1S/C42H38O8.C38H30N2O4.C20H17NO2/c1-3-47-39(43)37(27-25-35(31-17-9-5-10-18-31)32-19-11-6-12-20-32)41(45)49-29-30-50-42(46)38(40(44)48-4-2)28-26-36(33-21-13-7-14-22-33)34-23-15-8-16-24-34;1-40-36(25-24-35(31-18-10-4-11-19-31)32-20-12-5-13-21-32)38(42)44-27-26-43-37(41)33(28-39)22-23-34(29-14-6-2-7-15-29)30-16-8-3-9-17-30;1-2-23-20(22)18(15-21)13-14-19(16-9-5-3-6-10-16)17-11-7-4-8-12-17/h5-28H,3-4,29-30H2,1-2H3;2-25H,1,26-27H2;3-14H,2H2,1H3/b37-27-,38-28-;33-22-,36-25+;18-13+. The molecule has 0 aromatic heterocycles. The summed E-state index contributed by atoms with van der Waals surface area (Å²) in [6.07, 6.45) is 15.8. The Hall–Kier alpha value is -15.5. The molecule has 0 fully saturated rings.